The lowest BCUT2D eigenvalue weighted by Gasteiger charge is -2.16. The number of anilines is 1. The molecule has 0 saturated carbocycles. The zero-order valence-corrected chi connectivity index (χ0v) is 14.0. The van der Waals surface area contributed by atoms with Crippen LogP contribution in [0.5, 0.6) is 11.6 Å². The highest BCUT2D eigenvalue weighted by molar-refractivity contribution is 5.97. The van der Waals surface area contributed by atoms with Crippen molar-refractivity contribution >= 4 is 22.7 Å². The second-order valence-electron chi connectivity index (χ2n) is 5.80. The van der Waals surface area contributed by atoms with Crippen molar-refractivity contribution in [2.24, 2.45) is 0 Å². The van der Waals surface area contributed by atoms with E-state index in [9.17, 15) is 4.79 Å². The molecule has 1 aliphatic heterocycles. The molecule has 0 atom stereocenters. The summed E-state index contributed by atoms with van der Waals surface area (Å²) in [6.07, 6.45) is 0.921. The molecule has 25 heavy (non-hydrogen) atoms. The summed E-state index contributed by atoms with van der Waals surface area (Å²) in [5, 5.41) is 4.83. The Kier molecular flexibility index (Phi) is 3.76. The van der Waals surface area contributed by atoms with Crippen molar-refractivity contribution in [3.63, 3.8) is 0 Å². The highest BCUT2D eigenvalue weighted by Crippen LogP contribution is 2.30. The van der Waals surface area contributed by atoms with Crippen LogP contribution < -0.4 is 14.4 Å². The molecule has 7 nitrogen and oxygen atoms in total. The molecule has 0 fully saturated rings. The molecule has 1 aromatic carbocycles. The molecule has 128 valence electrons. The van der Waals surface area contributed by atoms with Crippen molar-refractivity contribution in [2.45, 2.75) is 12.8 Å². The highest BCUT2D eigenvalue weighted by atomic mass is 16.5. The summed E-state index contributed by atoms with van der Waals surface area (Å²) in [6.45, 7) is 0.605. The van der Waals surface area contributed by atoms with Crippen LogP contribution in [0.15, 0.2) is 34.9 Å². The van der Waals surface area contributed by atoms with Crippen LogP contribution in [-0.2, 0) is 17.6 Å². The third-order valence-electron chi connectivity index (χ3n) is 4.37. The van der Waals surface area contributed by atoms with E-state index in [-0.39, 0.29) is 12.3 Å². The number of rotatable bonds is 4. The maximum Gasteiger partial charge on any atom is 0.234 e. The zero-order valence-electron chi connectivity index (χ0n) is 14.0. The SMILES string of the molecule is COc1ccc2onc(CC(=O)N3CCc4ccc(OC)nc43)c2c1. The average Bonchev–Trinajstić information content (AvgIpc) is 3.24. The molecule has 2 aromatic heterocycles. The summed E-state index contributed by atoms with van der Waals surface area (Å²) >= 11 is 0. The van der Waals surface area contributed by atoms with Gasteiger partial charge in [0.2, 0.25) is 11.8 Å². The number of methoxy groups -OCH3 is 2. The minimum atomic E-state index is -0.0717. The predicted molar refractivity (Wildman–Crippen MR) is 91.1 cm³/mol. The maximum atomic E-state index is 12.8. The van der Waals surface area contributed by atoms with Crippen molar-refractivity contribution in [2.75, 3.05) is 25.7 Å². The Balaban J connectivity index is 1.62. The number of hydrogen-bond donors (Lipinski definition) is 0. The second-order valence-corrected chi connectivity index (χ2v) is 5.80. The van der Waals surface area contributed by atoms with Crippen LogP contribution in [0.3, 0.4) is 0 Å². The van der Waals surface area contributed by atoms with Crippen molar-refractivity contribution < 1.29 is 18.8 Å². The average molecular weight is 339 g/mol. The van der Waals surface area contributed by atoms with E-state index in [1.807, 2.05) is 18.2 Å². The van der Waals surface area contributed by atoms with E-state index in [0.717, 1.165) is 17.4 Å². The third kappa shape index (κ3) is 2.67. The number of carbonyl (C=O) groups excluding carboxylic acids is 1. The second kappa shape index (κ2) is 6.08. The van der Waals surface area contributed by atoms with Gasteiger partial charge in [0.05, 0.1) is 20.6 Å². The Morgan fingerprint density at radius 3 is 2.92 bits per heavy atom. The molecule has 4 rings (SSSR count). The summed E-state index contributed by atoms with van der Waals surface area (Å²) in [5.41, 5.74) is 2.27. The van der Waals surface area contributed by atoms with Crippen LogP contribution in [0.25, 0.3) is 11.0 Å². The molecular weight excluding hydrogens is 322 g/mol. The Morgan fingerprint density at radius 2 is 2.12 bits per heavy atom. The summed E-state index contributed by atoms with van der Waals surface area (Å²) < 4.78 is 15.7. The van der Waals surface area contributed by atoms with Gasteiger partial charge in [-0.2, -0.15) is 4.98 Å². The van der Waals surface area contributed by atoms with Crippen LogP contribution in [0, 0.1) is 0 Å². The fourth-order valence-electron chi connectivity index (χ4n) is 3.04. The standard InChI is InChI=1S/C18H17N3O4/c1-23-12-4-5-15-13(9-12)14(20-25-15)10-17(22)21-8-7-11-3-6-16(24-2)19-18(11)21/h3-6,9H,7-8,10H2,1-2H3. The number of fused-ring (bicyclic) bond motifs is 2. The van der Waals surface area contributed by atoms with Crippen LogP contribution in [0.2, 0.25) is 0 Å². The summed E-state index contributed by atoms with van der Waals surface area (Å²) in [5.74, 6) is 1.78. The molecule has 0 unspecified atom stereocenters. The number of nitrogens with zero attached hydrogens (tertiary/aromatic N) is 3. The Hall–Kier alpha value is -3.09. The first-order chi connectivity index (χ1) is 12.2. The molecule has 0 bridgehead atoms. The third-order valence-corrected chi connectivity index (χ3v) is 4.37. The lowest BCUT2D eigenvalue weighted by molar-refractivity contribution is -0.118. The van der Waals surface area contributed by atoms with Gasteiger partial charge in [0.25, 0.3) is 0 Å². The van der Waals surface area contributed by atoms with E-state index < -0.39 is 0 Å². The molecule has 0 spiro atoms. The number of benzene rings is 1. The normalized spacial score (nSPS) is 13.1. The van der Waals surface area contributed by atoms with Crippen LogP contribution in [0.1, 0.15) is 11.3 Å². The van der Waals surface area contributed by atoms with Gasteiger partial charge >= 0.3 is 0 Å². The maximum absolute atomic E-state index is 12.8. The molecular formula is C18H17N3O4. The summed E-state index contributed by atoms with van der Waals surface area (Å²) in [4.78, 5) is 18.9. The van der Waals surface area contributed by atoms with Crippen molar-refractivity contribution in [1.29, 1.82) is 0 Å². The Labute approximate surface area is 144 Å². The van der Waals surface area contributed by atoms with Gasteiger partial charge in [-0.25, -0.2) is 0 Å². The van der Waals surface area contributed by atoms with E-state index in [1.54, 1.807) is 31.3 Å². The van der Waals surface area contributed by atoms with E-state index in [1.165, 1.54) is 0 Å². The molecule has 1 aliphatic rings. The number of carbonyl (C=O) groups is 1. The fourth-order valence-corrected chi connectivity index (χ4v) is 3.04. The van der Waals surface area contributed by atoms with Gasteiger partial charge in [-0.15, -0.1) is 0 Å². The quantitative estimate of drug-likeness (QED) is 0.726. The molecule has 3 heterocycles. The number of pyridine rings is 1. The molecule has 0 saturated heterocycles. The fraction of sp³-hybridized carbons (Fsp3) is 0.278. The first kappa shape index (κ1) is 15.4. The number of hydrogen-bond acceptors (Lipinski definition) is 6. The molecule has 1 amide bonds. The van der Waals surface area contributed by atoms with Gasteiger partial charge in [-0.3, -0.25) is 9.69 Å². The predicted octanol–water partition coefficient (Wildman–Crippen LogP) is 2.37. The lowest BCUT2D eigenvalue weighted by atomic mass is 10.1. The van der Waals surface area contributed by atoms with E-state index in [0.29, 0.717) is 35.3 Å². The molecule has 7 heteroatoms. The number of amides is 1. The topological polar surface area (TPSA) is 77.7 Å². The minimum absolute atomic E-state index is 0.0717. The van der Waals surface area contributed by atoms with Crippen LogP contribution in [0.4, 0.5) is 5.82 Å². The largest absolute Gasteiger partial charge is 0.497 e. The lowest BCUT2D eigenvalue weighted by Crippen LogP contribution is -2.31. The van der Waals surface area contributed by atoms with Gasteiger partial charge < -0.3 is 14.0 Å². The van der Waals surface area contributed by atoms with Crippen LogP contribution >= 0.6 is 0 Å². The molecule has 0 radical (unpaired) electrons. The van der Waals surface area contributed by atoms with E-state index in [4.69, 9.17) is 14.0 Å². The van der Waals surface area contributed by atoms with Crippen LogP contribution in [-0.4, -0.2) is 36.8 Å². The van der Waals surface area contributed by atoms with Gasteiger partial charge in [0, 0.05) is 18.0 Å². The van der Waals surface area contributed by atoms with Gasteiger partial charge in [-0.1, -0.05) is 5.16 Å². The van der Waals surface area contributed by atoms with Crippen molar-refractivity contribution in [1.82, 2.24) is 10.1 Å². The van der Waals surface area contributed by atoms with E-state index >= 15 is 0 Å². The first-order valence-electron chi connectivity index (χ1n) is 7.96. The highest BCUT2D eigenvalue weighted by Gasteiger charge is 2.28. The zero-order chi connectivity index (χ0) is 17.4. The van der Waals surface area contributed by atoms with Gasteiger partial charge in [-0.05, 0) is 36.2 Å². The number of ether oxygens (including phenoxy) is 2. The molecule has 0 aliphatic carbocycles. The van der Waals surface area contributed by atoms with Crippen molar-refractivity contribution in [3.8, 4) is 11.6 Å². The number of aromatic nitrogens is 2. The monoisotopic (exact) mass is 339 g/mol. The summed E-state index contributed by atoms with van der Waals surface area (Å²) in [7, 11) is 3.16. The smallest absolute Gasteiger partial charge is 0.234 e. The summed E-state index contributed by atoms with van der Waals surface area (Å²) in [6, 6.07) is 9.17. The Morgan fingerprint density at radius 1 is 1.24 bits per heavy atom. The molecule has 0 N–H and O–H groups in total. The first-order valence-corrected chi connectivity index (χ1v) is 7.96. The molecule has 3 aromatic rings. The van der Waals surface area contributed by atoms with E-state index in [2.05, 4.69) is 10.1 Å². The van der Waals surface area contributed by atoms with Gasteiger partial charge in [0.15, 0.2) is 5.58 Å². The van der Waals surface area contributed by atoms with Crippen molar-refractivity contribution in [3.05, 3.63) is 41.6 Å². The Bertz CT molecular complexity index is 951. The van der Waals surface area contributed by atoms with Gasteiger partial charge in [0.1, 0.15) is 17.3 Å². The minimum Gasteiger partial charge on any atom is -0.497 e.